The number of carbonyl (C=O) groups excluding carboxylic acids is 1. The Hall–Kier alpha value is -2.46. The van der Waals surface area contributed by atoms with Crippen LogP contribution in [0.3, 0.4) is 0 Å². The lowest BCUT2D eigenvalue weighted by Crippen LogP contribution is -2.10. The van der Waals surface area contributed by atoms with Crippen molar-refractivity contribution in [3.63, 3.8) is 0 Å². The van der Waals surface area contributed by atoms with Crippen molar-refractivity contribution in [1.82, 2.24) is 4.98 Å². The van der Waals surface area contributed by atoms with Crippen LogP contribution in [0, 0.1) is 0 Å². The van der Waals surface area contributed by atoms with Crippen molar-refractivity contribution < 1.29 is 9.53 Å². The Morgan fingerprint density at radius 3 is 2.46 bits per heavy atom. The standard InChI is InChI=1S/C22H23NO2S/c1-5-25-21(24)17-8-6-7-16(13-17)20-23-19(14-26-20)15-9-11-18(12-10-15)22(2,3)4/h6-14H,5H2,1-4H3. The summed E-state index contributed by atoms with van der Waals surface area (Å²) in [4.78, 5) is 16.7. The molecule has 0 amide bonds. The van der Waals surface area contributed by atoms with E-state index in [1.165, 1.54) is 5.56 Å². The van der Waals surface area contributed by atoms with Gasteiger partial charge in [-0.15, -0.1) is 11.3 Å². The predicted molar refractivity (Wildman–Crippen MR) is 108 cm³/mol. The van der Waals surface area contributed by atoms with Gasteiger partial charge in [0.05, 0.1) is 17.9 Å². The van der Waals surface area contributed by atoms with E-state index < -0.39 is 0 Å². The lowest BCUT2D eigenvalue weighted by Gasteiger charge is -2.18. The van der Waals surface area contributed by atoms with Crippen LogP contribution in [0.25, 0.3) is 21.8 Å². The first-order chi connectivity index (χ1) is 12.4. The summed E-state index contributed by atoms with van der Waals surface area (Å²) in [6, 6.07) is 16.0. The summed E-state index contributed by atoms with van der Waals surface area (Å²) >= 11 is 1.58. The van der Waals surface area contributed by atoms with Gasteiger partial charge < -0.3 is 4.74 Å². The molecule has 0 N–H and O–H groups in total. The molecule has 0 spiro atoms. The highest BCUT2D eigenvalue weighted by Gasteiger charge is 2.14. The Morgan fingerprint density at radius 2 is 1.81 bits per heavy atom. The van der Waals surface area contributed by atoms with Crippen LogP contribution in [0.4, 0.5) is 0 Å². The summed E-state index contributed by atoms with van der Waals surface area (Å²) in [5, 5.41) is 2.95. The summed E-state index contributed by atoms with van der Waals surface area (Å²) in [5.41, 5.74) is 4.97. The quantitative estimate of drug-likeness (QED) is 0.536. The van der Waals surface area contributed by atoms with Crippen molar-refractivity contribution in [2.24, 2.45) is 0 Å². The van der Waals surface area contributed by atoms with Crippen LogP contribution < -0.4 is 0 Å². The lowest BCUT2D eigenvalue weighted by molar-refractivity contribution is 0.0526. The third kappa shape index (κ3) is 4.02. The molecule has 0 saturated carbocycles. The number of aromatic nitrogens is 1. The zero-order valence-corrected chi connectivity index (χ0v) is 16.4. The molecular weight excluding hydrogens is 342 g/mol. The summed E-state index contributed by atoms with van der Waals surface area (Å²) in [7, 11) is 0. The van der Waals surface area contributed by atoms with Gasteiger partial charge >= 0.3 is 5.97 Å². The second kappa shape index (κ2) is 7.42. The van der Waals surface area contributed by atoms with E-state index in [9.17, 15) is 4.79 Å². The van der Waals surface area contributed by atoms with Crippen molar-refractivity contribution in [3.8, 4) is 21.8 Å². The fourth-order valence-corrected chi connectivity index (χ4v) is 3.50. The van der Waals surface area contributed by atoms with Gasteiger partial charge in [0.15, 0.2) is 0 Å². The van der Waals surface area contributed by atoms with Crippen LogP contribution in [0.15, 0.2) is 53.9 Å². The van der Waals surface area contributed by atoms with Crippen LogP contribution >= 0.6 is 11.3 Å². The summed E-state index contributed by atoms with van der Waals surface area (Å²) in [5.74, 6) is -0.302. The number of esters is 1. The van der Waals surface area contributed by atoms with E-state index in [0.717, 1.165) is 21.8 Å². The molecule has 26 heavy (non-hydrogen) atoms. The molecular formula is C22H23NO2S. The zero-order valence-electron chi connectivity index (χ0n) is 15.6. The Balaban J connectivity index is 1.86. The van der Waals surface area contributed by atoms with Crippen molar-refractivity contribution >= 4 is 17.3 Å². The molecule has 2 aromatic carbocycles. The van der Waals surface area contributed by atoms with Crippen LogP contribution in [0.5, 0.6) is 0 Å². The fourth-order valence-electron chi connectivity index (χ4n) is 2.67. The van der Waals surface area contributed by atoms with Crippen molar-refractivity contribution in [2.75, 3.05) is 6.61 Å². The SMILES string of the molecule is CCOC(=O)c1cccc(-c2nc(-c3ccc(C(C)(C)C)cc3)cs2)c1. The molecule has 134 valence electrons. The van der Waals surface area contributed by atoms with Crippen molar-refractivity contribution in [2.45, 2.75) is 33.1 Å². The molecule has 4 heteroatoms. The topological polar surface area (TPSA) is 39.2 Å². The van der Waals surface area contributed by atoms with Gasteiger partial charge in [-0.25, -0.2) is 9.78 Å². The number of nitrogens with zero attached hydrogens (tertiary/aromatic N) is 1. The van der Waals surface area contributed by atoms with E-state index in [4.69, 9.17) is 9.72 Å². The molecule has 0 atom stereocenters. The number of rotatable bonds is 4. The molecule has 0 aliphatic carbocycles. The number of hydrogen-bond donors (Lipinski definition) is 0. The molecule has 0 unspecified atom stereocenters. The second-order valence-corrected chi connectivity index (χ2v) is 8.02. The van der Waals surface area contributed by atoms with Gasteiger partial charge in [0.25, 0.3) is 0 Å². The third-order valence-corrected chi connectivity index (χ3v) is 5.06. The minimum atomic E-state index is -0.302. The molecule has 1 aromatic heterocycles. The van der Waals surface area contributed by atoms with Gasteiger partial charge in [-0.05, 0) is 30.0 Å². The van der Waals surface area contributed by atoms with E-state index in [0.29, 0.717) is 12.2 Å². The highest BCUT2D eigenvalue weighted by Crippen LogP contribution is 2.31. The van der Waals surface area contributed by atoms with Crippen LogP contribution in [0.2, 0.25) is 0 Å². The largest absolute Gasteiger partial charge is 0.462 e. The molecule has 0 aliphatic heterocycles. The van der Waals surface area contributed by atoms with E-state index >= 15 is 0 Å². The Kier molecular flexibility index (Phi) is 5.23. The molecule has 3 aromatic rings. The van der Waals surface area contributed by atoms with E-state index in [2.05, 4.69) is 50.4 Å². The van der Waals surface area contributed by atoms with Crippen LogP contribution in [-0.4, -0.2) is 17.6 Å². The predicted octanol–water partition coefficient (Wildman–Crippen LogP) is 5.95. The first-order valence-electron chi connectivity index (χ1n) is 8.72. The zero-order chi connectivity index (χ0) is 18.7. The van der Waals surface area contributed by atoms with Gasteiger partial charge in [-0.2, -0.15) is 0 Å². The lowest BCUT2D eigenvalue weighted by atomic mass is 9.86. The maximum absolute atomic E-state index is 11.9. The van der Waals surface area contributed by atoms with Crippen molar-refractivity contribution in [1.29, 1.82) is 0 Å². The maximum Gasteiger partial charge on any atom is 0.338 e. The first-order valence-corrected chi connectivity index (χ1v) is 9.60. The minimum Gasteiger partial charge on any atom is -0.462 e. The van der Waals surface area contributed by atoms with E-state index in [1.807, 2.05) is 18.2 Å². The maximum atomic E-state index is 11.9. The van der Waals surface area contributed by atoms with Crippen LogP contribution in [0.1, 0.15) is 43.6 Å². The van der Waals surface area contributed by atoms with Gasteiger partial charge in [0.1, 0.15) is 5.01 Å². The first kappa shape index (κ1) is 18.3. The molecule has 3 rings (SSSR count). The monoisotopic (exact) mass is 365 g/mol. The van der Waals surface area contributed by atoms with Gasteiger partial charge in [0.2, 0.25) is 0 Å². The number of thiazole rings is 1. The summed E-state index contributed by atoms with van der Waals surface area (Å²) in [6.07, 6.45) is 0. The highest BCUT2D eigenvalue weighted by molar-refractivity contribution is 7.13. The Morgan fingerprint density at radius 1 is 1.08 bits per heavy atom. The number of ether oxygens (including phenoxy) is 1. The summed E-state index contributed by atoms with van der Waals surface area (Å²) < 4.78 is 5.08. The molecule has 0 bridgehead atoms. The minimum absolute atomic E-state index is 0.138. The molecule has 0 fully saturated rings. The Bertz CT molecular complexity index is 904. The molecule has 0 aliphatic rings. The highest BCUT2D eigenvalue weighted by atomic mass is 32.1. The number of hydrogen-bond acceptors (Lipinski definition) is 4. The Labute approximate surface area is 158 Å². The smallest absolute Gasteiger partial charge is 0.338 e. The van der Waals surface area contributed by atoms with Crippen molar-refractivity contribution in [3.05, 3.63) is 65.0 Å². The van der Waals surface area contributed by atoms with E-state index in [1.54, 1.807) is 24.3 Å². The van der Waals surface area contributed by atoms with Crippen LogP contribution in [-0.2, 0) is 10.2 Å². The molecule has 1 heterocycles. The number of carbonyl (C=O) groups is 1. The third-order valence-electron chi connectivity index (χ3n) is 4.17. The summed E-state index contributed by atoms with van der Waals surface area (Å²) in [6.45, 7) is 8.80. The van der Waals surface area contributed by atoms with E-state index in [-0.39, 0.29) is 11.4 Å². The average molecular weight is 365 g/mol. The average Bonchev–Trinajstić information content (AvgIpc) is 3.12. The molecule has 0 radical (unpaired) electrons. The van der Waals surface area contributed by atoms with Gasteiger partial charge in [0, 0.05) is 16.5 Å². The number of benzene rings is 2. The van der Waals surface area contributed by atoms with Gasteiger partial charge in [-0.3, -0.25) is 0 Å². The second-order valence-electron chi connectivity index (χ2n) is 7.17. The normalized spacial score (nSPS) is 11.4. The van der Waals surface area contributed by atoms with Gasteiger partial charge in [-0.1, -0.05) is 57.2 Å². The molecule has 3 nitrogen and oxygen atoms in total. The molecule has 0 saturated heterocycles. The fraction of sp³-hybridized carbons (Fsp3) is 0.273.